The number of hydrogen-bond acceptors (Lipinski definition) is 4. The second-order valence-electron chi connectivity index (χ2n) is 5.52. The summed E-state index contributed by atoms with van der Waals surface area (Å²) >= 11 is 11.9. The molecule has 2 aromatic rings. The fourth-order valence-corrected chi connectivity index (χ4v) is 2.80. The van der Waals surface area contributed by atoms with Gasteiger partial charge in [-0.25, -0.2) is 4.79 Å². The standard InChI is InChI=1S/C18H12Cl2N2O4/c19-12-6-4-10(5-7-12)9-22-16(23)14(20)15(17(22)24)21-13-3-1-2-11(8-13)18(25)26/h1-8,21H,9H2,(H,25,26). The number of nitrogens with one attached hydrogen (secondary N) is 1. The van der Waals surface area contributed by atoms with Crippen LogP contribution in [0, 0.1) is 0 Å². The van der Waals surface area contributed by atoms with E-state index in [2.05, 4.69) is 5.32 Å². The molecule has 1 aliphatic rings. The quantitative estimate of drug-likeness (QED) is 0.763. The topological polar surface area (TPSA) is 86.7 Å². The Balaban J connectivity index is 1.81. The highest BCUT2D eigenvalue weighted by Crippen LogP contribution is 2.27. The van der Waals surface area contributed by atoms with E-state index >= 15 is 0 Å². The molecule has 132 valence electrons. The van der Waals surface area contributed by atoms with Crippen molar-refractivity contribution in [2.45, 2.75) is 6.54 Å². The van der Waals surface area contributed by atoms with Gasteiger partial charge in [0.25, 0.3) is 11.8 Å². The lowest BCUT2D eigenvalue weighted by Crippen LogP contribution is -2.31. The van der Waals surface area contributed by atoms with Crippen LogP contribution in [-0.4, -0.2) is 27.8 Å². The van der Waals surface area contributed by atoms with E-state index in [9.17, 15) is 14.4 Å². The average Bonchev–Trinajstić information content (AvgIpc) is 2.82. The predicted molar refractivity (Wildman–Crippen MR) is 96.9 cm³/mol. The SMILES string of the molecule is O=C(O)c1cccc(NC2=C(Cl)C(=O)N(Cc3ccc(Cl)cc3)C2=O)c1. The molecule has 0 aliphatic carbocycles. The molecule has 26 heavy (non-hydrogen) atoms. The molecule has 0 saturated carbocycles. The summed E-state index contributed by atoms with van der Waals surface area (Å²) in [6.45, 7) is 0.0470. The number of imide groups is 1. The third-order valence-corrected chi connectivity index (χ3v) is 4.35. The third kappa shape index (κ3) is 3.56. The number of hydrogen-bond donors (Lipinski definition) is 2. The van der Waals surface area contributed by atoms with Crippen LogP contribution < -0.4 is 5.32 Å². The minimum Gasteiger partial charge on any atom is -0.478 e. The number of carbonyl (C=O) groups is 3. The van der Waals surface area contributed by atoms with E-state index in [0.717, 1.165) is 10.5 Å². The highest BCUT2D eigenvalue weighted by Gasteiger charge is 2.37. The summed E-state index contributed by atoms with van der Waals surface area (Å²) in [5.74, 6) is -2.31. The van der Waals surface area contributed by atoms with Gasteiger partial charge in [0.05, 0.1) is 12.1 Å². The molecule has 0 unspecified atom stereocenters. The Morgan fingerprint density at radius 3 is 2.38 bits per heavy atom. The summed E-state index contributed by atoms with van der Waals surface area (Å²) in [4.78, 5) is 37.0. The molecule has 0 radical (unpaired) electrons. The van der Waals surface area contributed by atoms with Gasteiger partial charge in [-0.1, -0.05) is 41.4 Å². The number of anilines is 1. The smallest absolute Gasteiger partial charge is 0.335 e. The van der Waals surface area contributed by atoms with Gasteiger partial charge in [-0.3, -0.25) is 14.5 Å². The Morgan fingerprint density at radius 2 is 1.73 bits per heavy atom. The minimum absolute atomic E-state index is 0.0431. The van der Waals surface area contributed by atoms with Crippen molar-refractivity contribution in [3.8, 4) is 0 Å². The summed E-state index contributed by atoms with van der Waals surface area (Å²) in [6, 6.07) is 12.6. The van der Waals surface area contributed by atoms with Gasteiger partial charge in [-0.2, -0.15) is 0 Å². The summed E-state index contributed by atoms with van der Waals surface area (Å²) < 4.78 is 0. The van der Waals surface area contributed by atoms with Crippen LogP contribution >= 0.6 is 23.2 Å². The first-order valence-electron chi connectivity index (χ1n) is 7.47. The van der Waals surface area contributed by atoms with Crippen molar-refractivity contribution in [2.75, 3.05) is 5.32 Å². The van der Waals surface area contributed by atoms with Gasteiger partial charge in [0.15, 0.2) is 0 Å². The molecular formula is C18H12Cl2N2O4. The van der Waals surface area contributed by atoms with Crippen molar-refractivity contribution in [3.05, 3.63) is 75.4 Å². The molecule has 8 heteroatoms. The number of benzene rings is 2. The van der Waals surface area contributed by atoms with Gasteiger partial charge in [0.1, 0.15) is 10.7 Å². The maximum absolute atomic E-state index is 12.6. The first-order valence-corrected chi connectivity index (χ1v) is 8.23. The van der Waals surface area contributed by atoms with Gasteiger partial charge in [-0.05, 0) is 35.9 Å². The van der Waals surface area contributed by atoms with Gasteiger partial charge in [0.2, 0.25) is 0 Å². The van der Waals surface area contributed by atoms with Crippen molar-refractivity contribution in [1.29, 1.82) is 0 Å². The molecule has 3 rings (SSSR count). The van der Waals surface area contributed by atoms with Crippen LogP contribution in [0.2, 0.25) is 5.02 Å². The van der Waals surface area contributed by atoms with Gasteiger partial charge < -0.3 is 10.4 Å². The lowest BCUT2D eigenvalue weighted by atomic mass is 10.2. The highest BCUT2D eigenvalue weighted by atomic mass is 35.5. The Labute approximate surface area is 158 Å². The van der Waals surface area contributed by atoms with Gasteiger partial charge in [-0.15, -0.1) is 0 Å². The Morgan fingerprint density at radius 1 is 1.04 bits per heavy atom. The molecule has 0 bridgehead atoms. The molecule has 0 saturated heterocycles. The molecular weight excluding hydrogens is 379 g/mol. The first-order chi connectivity index (χ1) is 12.4. The molecule has 6 nitrogen and oxygen atoms in total. The molecule has 2 aromatic carbocycles. The first kappa shape index (κ1) is 18.0. The zero-order valence-corrected chi connectivity index (χ0v) is 14.7. The van der Waals surface area contributed by atoms with Gasteiger partial charge in [0, 0.05) is 10.7 Å². The van der Waals surface area contributed by atoms with Crippen LogP contribution in [0.15, 0.2) is 59.3 Å². The molecule has 1 aliphatic heterocycles. The zero-order valence-electron chi connectivity index (χ0n) is 13.2. The molecule has 2 amide bonds. The number of aromatic carboxylic acids is 1. The van der Waals surface area contributed by atoms with Crippen LogP contribution in [0.1, 0.15) is 15.9 Å². The second kappa shape index (κ2) is 7.19. The van der Waals surface area contributed by atoms with E-state index in [-0.39, 0.29) is 22.8 Å². The van der Waals surface area contributed by atoms with Crippen molar-refractivity contribution in [2.24, 2.45) is 0 Å². The molecule has 0 fully saturated rings. The Kier molecular flexibility index (Phi) is 4.97. The monoisotopic (exact) mass is 390 g/mol. The molecule has 2 N–H and O–H groups in total. The van der Waals surface area contributed by atoms with Crippen LogP contribution in [0.5, 0.6) is 0 Å². The predicted octanol–water partition coefficient (Wildman–Crippen LogP) is 3.47. The summed E-state index contributed by atoms with van der Waals surface area (Å²) in [5.41, 5.74) is 1.01. The number of nitrogens with zero attached hydrogens (tertiary/aromatic N) is 1. The van der Waals surface area contributed by atoms with Crippen LogP contribution in [0.3, 0.4) is 0 Å². The van der Waals surface area contributed by atoms with Gasteiger partial charge >= 0.3 is 5.97 Å². The highest BCUT2D eigenvalue weighted by molar-refractivity contribution is 6.48. The van der Waals surface area contributed by atoms with E-state index in [1.54, 1.807) is 30.3 Å². The third-order valence-electron chi connectivity index (χ3n) is 3.74. The molecule has 0 spiro atoms. The fourth-order valence-electron chi connectivity index (χ4n) is 2.45. The fraction of sp³-hybridized carbons (Fsp3) is 0.0556. The number of halogens is 2. The van der Waals surface area contributed by atoms with Crippen LogP contribution in [0.25, 0.3) is 0 Å². The van der Waals surface area contributed by atoms with E-state index in [1.807, 2.05) is 0 Å². The van der Waals surface area contributed by atoms with E-state index in [4.69, 9.17) is 28.3 Å². The van der Waals surface area contributed by atoms with E-state index in [1.165, 1.54) is 18.2 Å². The van der Waals surface area contributed by atoms with E-state index < -0.39 is 17.8 Å². The van der Waals surface area contributed by atoms with E-state index in [0.29, 0.717) is 10.7 Å². The van der Waals surface area contributed by atoms with Crippen molar-refractivity contribution in [3.63, 3.8) is 0 Å². The minimum atomic E-state index is -1.10. The normalized spacial score (nSPS) is 14.2. The number of carboxylic acids is 1. The van der Waals surface area contributed by atoms with Crippen molar-refractivity contribution in [1.82, 2.24) is 4.90 Å². The Hall–Kier alpha value is -2.83. The lowest BCUT2D eigenvalue weighted by molar-refractivity contribution is -0.138. The maximum Gasteiger partial charge on any atom is 0.335 e. The molecule has 0 aromatic heterocycles. The second-order valence-corrected chi connectivity index (χ2v) is 6.34. The number of rotatable bonds is 5. The number of amides is 2. The van der Waals surface area contributed by atoms with Crippen LogP contribution in [-0.2, 0) is 16.1 Å². The van der Waals surface area contributed by atoms with Crippen molar-refractivity contribution < 1.29 is 19.5 Å². The summed E-state index contributed by atoms with van der Waals surface area (Å²) in [5, 5.41) is 12.1. The average molecular weight is 391 g/mol. The van der Waals surface area contributed by atoms with Crippen LogP contribution in [0.4, 0.5) is 5.69 Å². The molecule has 0 atom stereocenters. The zero-order chi connectivity index (χ0) is 18.8. The summed E-state index contributed by atoms with van der Waals surface area (Å²) in [6.07, 6.45) is 0. The number of carbonyl (C=O) groups excluding carboxylic acids is 2. The largest absolute Gasteiger partial charge is 0.478 e. The Bertz CT molecular complexity index is 938. The molecule has 1 heterocycles. The number of carboxylic acid groups (broad SMARTS) is 1. The maximum atomic E-state index is 12.6. The summed E-state index contributed by atoms with van der Waals surface area (Å²) in [7, 11) is 0. The lowest BCUT2D eigenvalue weighted by Gasteiger charge is -2.15. The van der Waals surface area contributed by atoms with Crippen molar-refractivity contribution >= 4 is 46.7 Å².